The maximum absolute atomic E-state index is 11.9. The number of hydrogen-bond acceptors (Lipinski definition) is 5. The van der Waals surface area contributed by atoms with Gasteiger partial charge in [0.25, 0.3) is 5.91 Å². The van der Waals surface area contributed by atoms with Gasteiger partial charge in [0.1, 0.15) is 11.4 Å². The fourth-order valence-electron chi connectivity index (χ4n) is 1.96. The zero-order chi connectivity index (χ0) is 16.1. The molecule has 0 aliphatic rings. The number of nitrogens with one attached hydrogen (secondary N) is 1. The Bertz CT molecular complexity index is 697. The molecule has 0 fully saturated rings. The highest BCUT2D eigenvalue weighted by Gasteiger charge is 2.11. The van der Waals surface area contributed by atoms with Gasteiger partial charge in [0.15, 0.2) is 0 Å². The number of carbonyl (C=O) groups excluding carboxylic acids is 1. The summed E-state index contributed by atoms with van der Waals surface area (Å²) >= 11 is 1.29. The highest BCUT2D eigenvalue weighted by molar-refractivity contribution is 7.05. The lowest BCUT2D eigenvalue weighted by molar-refractivity contribution is 0.0696. The van der Waals surface area contributed by atoms with Crippen molar-refractivity contribution < 1.29 is 19.4 Å². The monoisotopic (exact) mass is 320 g/mol. The van der Waals surface area contributed by atoms with Crippen molar-refractivity contribution in [3.8, 4) is 5.75 Å². The number of ether oxygens (including phenoxy) is 1. The summed E-state index contributed by atoms with van der Waals surface area (Å²) in [5.41, 5.74) is 1.42. The maximum Gasteiger partial charge on any atom is 0.335 e. The molecule has 7 heteroatoms. The molecule has 0 saturated heterocycles. The predicted octanol–water partition coefficient (Wildman–Crippen LogP) is 2.13. The molecule has 1 aromatic carbocycles. The Kier molecular flexibility index (Phi) is 5.11. The highest BCUT2D eigenvalue weighted by atomic mass is 32.1. The molecule has 22 heavy (non-hydrogen) atoms. The van der Waals surface area contributed by atoms with Gasteiger partial charge in [-0.25, -0.2) is 4.79 Å². The number of carboxylic acids is 1. The van der Waals surface area contributed by atoms with E-state index >= 15 is 0 Å². The summed E-state index contributed by atoms with van der Waals surface area (Å²) in [5, 5.41) is 11.7. The van der Waals surface area contributed by atoms with Gasteiger partial charge in [0.2, 0.25) is 0 Å². The minimum Gasteiger partial charge on any atom is -0.496 e. The van der Waals surface area contributed by atoms with Gasteiger partial charge < -0.3 is 15.2 Å². The van der Waals surface area contributed by atoms with Crippen molar-refractivity contribution in [3.05, 3.63) is 46.0 Å². The number of nitrogens with zero attached hydrogens (tertiary/aromatic N) is 1. The van der Waals surface area contributed by atoms with Crippen LogP contribution in [0.2, 0.25) is 0 Å². The first-order valence-electron chi connectivity index (χ1n) is 6.63. The number of methoxy groups -OCH3 is 1. The van der Waals surface area contributed by atoms with Crippen LogP contribution >= 0.6 is 11.5 Å². The molecule has 1 heterocycles. The number of carbonyl (C=O) groups is 2. The highest BCUT2D eigenvalue weighted by Crippen LogP contribution is 2.20. The lowest BCUT2D eigenvalue weighted by Crippen LogP contribution is -2.26. The van der Waals surface area contributed by atoms with Crippen LogP contribution in [0.5, 0.6) is 5.75 Å². The number of benzene rings is 1. The molecular formula is C15H16N2O4S. The number of aromatic carboxylic acids is 1. The zero-order valence-electron chi connectivity index (χ0n) is 12.3. The lowest BCUT2D eigenvalue weighted by Gasteiger charge is -2.10. The SMILES string of the molecule is COc1cc(C(=O)O)ccc1CCNC(=O)c1cc(C)sn1. The standard InChI is InChI=1S/C15H16N2O4S/c1-9-7-12(17-22-9)14(18)16-6-5-10-3-4-11(15(19)20)8-13(10)21-2/h3-4,7-8H,5-6H2,1-2H3,(H,16,18)(H,19,20). The topological polar surface area (TPSA) is 88.5 Å². The summed E-state index contributed by atoms with van der Waals surface area (Å²) < 4.78 is 9.24. The van der Waals surface area contributed by atoms with E-state index in [0.717, 1.165) is 10.4 Å². The first-order valence-corrected chi connectivity index (χ1v) is 7.40. The summed E-state index contributed by atoms with van der Waals surface area (Å²) in [6.07, 6.45) is 0.540. The van der Waals surface area contributed by atoms with E-state index in [1.807, 2.05) is 6.92 Å². The van der Waals surface area contributed by atoms with Gasteiger partial charge in [-0.2, -0.15) is 4.37 Å². The van der Waals surface area contributed by atoms with Crippen molar-refractivity contribution in [2.75, 3.05) is 13.7 Å². The molecule has 0 aliphatic carbocycles. The molecule has 0 unspecified atom stereocenters. The number of amides is 1. The second-order valence-corrected chi connectivity index (χ2v) is 5.67. The van der Waals surface area contributed by atoms with Crippen molar-refractivity contribution in [2.45, 2.75) is 13.3 Å². The van der Waals surface area contributed by atoms with Crippen LogP contribution in [0.25, 0.3) is 0 Å². The zero-order valence-corrected chi connectivity index (χ0v) is 13.1. The van der Waals surface area contributed by atoms with E-state index in [4.69, 9.17) is 9.84 Å². The fourth-order valence-corrected chi connectivity index (χ4v) is 2.50. The molecule has 6 nitrogen and oxygen atoms in total. The quantitative estimate of drug-likeness (QED) is 0.851. The molecule has 1 aromatic heterocycles. The molecule has 0 atom stereocenters. The van der Waals surface area contributed by atoms with Crippen LogP contribution in [0, 0.1) is 6.92 Å². The molecule has 0 bridgehead atoms. The molecule has 2 aromatic rings. The molecule has 0 saturated carbocycles. The third kappa shape index (κ3) is 3.82. The van der Waals surface area contributed by atoms with E-state index in [1.165, 1.54) is 30.8 Å². The van der Waals surface area contributed by atoms with Crippen molar-refractivity contribution in [1.82, 2.24) is 9.69 Å². The van der Waals surface area contributed by atoms with Gasteiger partial charge in [0.05, 0.1) is 12.7 Å². The van der Waals surface area contributed by atoms with E-state index in [0.29, 0.717) is 24.4 Å². The minimum atomic E-state index is -1.00. The van der Waals surface area contributed by atoms with Crippen LogP contribution in [-0.2, 0) is 6.42 Å². The largest absolute Gasteiger partial charge is 0.496 e. The van der Waals surface area contributed by atoms with Gasteiger partial charge >= 0.3 is 5.97 Å². The fraction of sp³-hybridized carbons (Fsp3) is 0.267. The Morgan fingerprint density at radius 1 is 1.36 bits per heavy atom. The van der Waals surface area contributed by atoms with Crippen molar-refractivity contribution >= 4 is 23.4 Å². The number of aryl methyl sites for hydroxylation is 1. The Labute approximate surface area is 131 Å². The summed E-state index contributed by atoms with van der Waals surface area (Å²) in [6, 6.07) is 6.43. The predicted molar refractivity (Wildman–Crippen MR) is 82.8 cm³/mol. The molecular weight excluding hydrogens is 304 g/mol. The van der Waals surface area contributed by atoms with Crippen LogP contribution in [0.1, 0.15) is 31.3 Å². The second kappa shape index (κ2) is 7.04. The van der Waals surface area contributed by atoms with E-state index in [1.54, 1.807) is 12.1 Å². The molecule has 0 spiro atoms. The molecule has 2 N–H and O–H groups in total. The summed E-state index contributed by atoms with van der Waals surface area (Å²) in [7, 11) is 1.49. The van der Waals surface area contributed by atoms with E-state index in [9.17, 15) is 9.59 Å². The van der Waals surface area contributed by atoms with Crippen LogP contribution in [0.4, 0.5) is 0 Å². The lowest BCUT2D eigenvalue weighted by atomic mass is 10.1. The Morgan fingerprint density at radius 3 is 2.73 bits per heavy atom. The van der Waals surface area contributed by atoms with Crippen LogP contribution in [0.3, 0.4) is 0 Å². The third-order valence-electron chi connectivity index (χ3n) is 3.07. The molecule has 0 radical (unpaired) electrons. The first kappa shape index (κ1) is 16.0. The summed E-state index contributed by atoms with van der Waals surface area (Å²) in [6.45, 7) is 2.31. The van der Waals surface area contributed by atoms with Gasteiger partial charge in [-0.1, -0.05) is 6.07 Å². The molecule has 2 rings (SSSR count). The minimum absolute atomic E-state index is 0.169. The van der Waals surface area contributed by atoms with Crippen LogP contribution < -0.4 is 10.1 Å². The number of aromatic nitrogens is 1. The van der Waals surface area contributed by atoms with Crippen molar-refractivity contribution in [2.24, 2.45) is 0 Å². The third-order valence-corrected chi connectivity index (χ3v) is 3.77. The van der Waals surface area contributed by atoms with Crippen LogP contribution in [0.15, 0.2) is 24.3 Å². The van der Waals surface area contributed by atoms with E-state index in [2.05, 4.69) is 9.69 Å². The smallest absolute Gasteiger partial charge is 0.335 e. The van der Waals surface area contributed by atoms with Gasteiger partial charge in [-0.3, -0.25) is 4.79 Å². The summed E-state index contributed by atoms with van der Waals surface area (Å²) in [4.78, 5) is 23.8. The Morgan fingerprint density at radius 2 is 2.14 bits per heavy atom. The second-order valence-electron chi connectivity index (χ2n) is 4.66. The Hall–Kier alpha value is -2.41. The van der Waals surface area contributed by atoms with Crippen molar-refractivity contribution in [1.29, 1.82) is 0 Å². The number of carboxylic acid groups (broad SMARTS) is 1. The van der Waals surface area contributed by atoms with Crippen molar-refractivity contribution in [3.63, 3.8) is 0 Å². The Balaban J connectivity index is 1.96. The average molecular weight is 320 g/mol. The molecule has 0 aliphatic heterocycles. The maximum atomic E-state index is 11.9. The first-order chi connectivity index (χ1) is 10.5. The van der Waals surface area contributed by atoms with Gasteiger partial charge in [-0.15, -0.1) is 0 Å². The molecule has 116 valence electrons. The van der Waals surface area contributed by atoms with Gasteiger partial charge in [0, 0.05) is 11.4 Å². The molecule has 1 amide bonds. The average Bonchev–Trinajstić information content (AvgIpc) is 2.93. The van der Waals surface area contributed by atoms with Crippen LogP contribution in [-0.4, -0.2) is 35.0 Å². The van der Waals surface area contributed by atoms with E-state index < -0.39 is 5.97 Å². The van der Waals surface area contributed by atoms with Gasteiger partial charge in [-0.05, 0) is 48.6 Å². The normalized spacial score (nSPS) is 10.3. The summed E-state index contributed by atoms with van der Waals surface area (Å²) in [5.74, 6) is -0.721. The number of hydrogen-bond donors (Lipinski definition) is 2. The number of rotatable bonds is 6. The van der Waals surface area contributed by atoms with E-state index in [-0.39, 0.29) is 11.5 Å².